The van der Waals surface area contributed by atoms with Crippen molar-refractivity contribution in [2.75, 3.05) is 39.3 Å². The summed E-state index contributed by atoms with van der Waals surface area (Å²) in [5.41, 5.74) is -0.420. The first-order valence-electron chi connectivity index (χ1n) is 9.24. The van der Waals surface area contributed by atoms with Crippen LogP contribution in [0, 0.1) is 11.3 Å². The summed E-state index contributed by atoms with van der Waals surface area (Å²) in [6, 6.07) is 3.34. The van der Waals surface area contributed by atoms with Crippen LogP contribution in [0.4, 0.5) is 0 Å². The Morgan fingerprint density at radius 1 is 1.19 bits per heavy atom. The summed E-state index contributed by atoms with van der Waals surface area (Å²) in [4.78, 5) is 43.2. The molecule has 7 nitrogen and oxygen atoms in total. The van der Waals surface area contributed by atoms with Crippen molar-refractivity contribution in [2.45, 2.75) is 27.2 Å². The lowest BCUT2D eigenvalue weighted by molar-refractivity contribution is -0.135. The Labute approximate surface area is 153 Å². The molecule has 0 unspecified atom stereocenters. The van der Waals surface area contributed by atoms with Crippen molar-refractivity contribution in [3.05, 3.63) is 24.2 Å². The molecule has 0 aromatic carbocycles. The van der Waals surface area contributed by atoms with Gasteiger partial charge in [0.05, 0.1) is 6.26 Å². The number of carbonyl (C=O) groups is 3. The molecule has 1 spiro atoms. The van der Waals surface area contributed by atoms with Crippen LogP contribution < -0.4 is 0 Å². The molecule has 2 aliphatic rings. The molecule has 0 aliphatic carbocycles. The van der Waals surface area contributed by atoms with E-state index in [1.165, 1.54) is 6.26 Å². The van der Waals surface area contributed by atoms with Crippen LogP contribution in [0.3, 0.4) is 0 Å². The summed E-state index contributed by atoms with van der Waals surface area (Å²) in [5, 5.41) is 0. The second-order valence-corrected chi connectivity index (χ2v) is 7.70. The number of amides is 3. The second kappa shape index (κ2) is 7.13. The molecule has 0 N–H and O–H groups in total. The standard InChI is InChI=1S/C19H27N3O4/c1-4-20-11-19(10-16(20)23)12-21(17(24)14(2)3)7-8-22(13-19)18(25)15-6-5-9-26-15/h5-6,9,14H,4,7-8,10-13H2,1-3H3/t19-/m0/s1. The third kappa shape index (κ3) is 3.48. The molecule has 3 amide bonds. The van der Waals surface area contributed by atoms with Crippen molar-refractivity contribution in [2.24, 2.45) is 11.3 Å². The van der Waals surface area contributed by atoms with E-state index < -0.39 is 5.41 Å². The van der Waals surface area contributed by atoms with E-state index >= 15 is 0 Å². The summed E-state index contributed by atoms with van der Waals surface area (Å²) >= 11 is 0. The Kier molecular flexibility index (Phi) is 5.07. The molecular weight excluding hydrogens is 334 g/mol. The summed E-state index contributed by atoms with van der Waals surface area (Å²) in [7, 11) is 0. The maximum absolute atomic E-state index is 12.8. The van der Waals surface area contributed by atoms with Gasteiger partial charge >= 0.3 is 0 Å². The Balaban J connectivity index is 1.88. The van der Waals surface area contributed by atoms with E-state index in [2.05, 4.69) is 0 Å². The van der Waals surface area contributed by atoms with Crippen molar-refractivity contribution in [3.63, 3.8) is 0 Å². The van der Waals surface area contributed by atoms with Gasteiger partial charge in [0.2, 0.25) is 11.8 Å². The number of hydrogen-bond acceptors (Lipinski definition) is 4. The molecule has 1 atom stereocenters. The van der Waals surface area contributed by atoms with Gasteiger partial charge < -0.3 is 19.1 Å². The fraction of sp³-hybridized carbons (Fsp3) is 0.632. The lowest BCUT2D eigenvalue weighted by atomic mass is 9.85. The van der Waals surface area contributed by atoms with Gasteiger partial charge in [0.1, 0.15) is 0 Å². The van der Waals surface area contributed by atoms with E-state index in [9.17, 15) is 14.4 Å². The number of rotatable bonds is 3. The maximum atomic E-state index is 12.8. The van der Waals surface area contributed by atoms with Gasteiger partial charge in [0.15, 0.2) is 5.76 Å². The van der Waals surface area contributed by atoms with Gasteiger partial charge in [-0.3, -0.25) is 14.4 Å². The average Bonchev–Trinajstić information content (AvgIpc) is 3.19. The van der Waals surface area contributed by atoms with Crippen molar-refractivity contribution in [1.29, 1.82) is 0 Å². The van der Waals surface area contributed by atoms with E-state index in [1.807, 2.05) is 30.6 Å². The fourth-order valence-corrected chi connectivity index (χ4v) is 4.02. The molecule has 3 heterocycles. The van der Waals surface area contributed by atoms with Crippen molar-refractivity contribution < 1.29 is 18.8 Å². The van der Waals surface area contributed by atoms with E-state index in [4.69, 9.17) is 4.42 Å². The molecule has 26 heavy (non-hydrogen) atoms. The Bertz CT molecular complexity index is 685. The highest BCUT2D eigenvalue weighted by Gasteiger charge is 2.48. The number of furan rings is 1. The molecule has 142 valence electrons. The normalized spacial score (nSPS) is 23.8. The van der Waals surface area contributed by atoms with Crippen molar-refractivity contribution in [1.82, 2.24) is 14.7 Å². The minimum Gasteiger partial charge on any atom is -0.459 e. The summed E-state index contributed by atoms with van der Waals surface area (Å²) in [6.45, 7) is 8.82. The summed E-state index contributed by atoms with van der Waals surface area (Å²) < 4.78 is 5.27. The molecule has 0 bridgehead atoms. The van der Waals surface area contributed by atoms with Gasteiger partial charge in [0, 0.05) is 57.0 Å². The van der Waals surface area contributed by atoms with E-state index in [-0.39, 0.29) is 23.6 Å². The largest absolute Gasteiger partial charge is 0.459 e. The van der Waals surface area contributed by atoms with Gasteiger partial charge in [-0.1, -0.05) is 13.8 Å². The number of hydrogen-bond donors (Lipinski definition) is 0. The van der Waals surface area contributed by atoms with E-state index in [0.717, 1.165) is 0 Å². The van der Waals surface area contributed by atoms with Crippen LogP contribution >= 0.6 is 0 Å². The Hall–Kier alpha value is -2.31. The van der Waals surface area contributed by atoms with Crippen LogP contribution in [-0.4, -0.2) is 71.7 Å². The van der Waals surface area contributed by atoms with Crippen LogP contribution in [0.15, 0.2) is 22.8 Å². The van der Waals surface area contributed by atoms with Gasteiger partial charge in [0.25, 0.3) is 5.91 Å². The SMILES string of the molecule is CCN1C[C@]2(CC1=O)CN(C(=O)c1ccco1)CCN(C(=O)C(C)C)C2. The van der Waals surface area contributed by atoms with Crippen molar-refractivity contribution in [3.8, 4) is 0 Å². The molecule has 2 saturated heterocycles. The second-order valence-electron chi connectivity index (χ2n) is 7.70. The number of likely N-dealkylation sites (tertiary alicyclic amines) is 1. The summed E-state index contributed by atoms with van der Waals surface area (Å²) in [5.74, 6) is 0.158. The lowest BCUT2D eigenvalue weighted by Crippen LogP contribution is -2.46. The average molecular weight is 361 g/mol. The number of carbonyl (C=O) groups excluding carboxylic acids is 3. The first-order chi connectivity index (χ1) is 12.3. The molecule has 2 aliphatic heterocycles. The molecule has 2 fully saturated rings. The summed E-state index contributed by atoms with van der Waals surface area (Å²) in [6.07, 6.45) is 1.85. The molecule has 3 rings (SSSR count). The number of nitrogens with zero attached hydrogens (tertiary/aromatic N) is 3. The quantitative estimate of drug-likeness (QED) is 0.817. The minimum absolute atomic E-state index is 0.0686. The zero-order valence-electron chi connectivity index (χ0n) is 15.7. The van der Waals surface area contributed by atoms with Gasteiger partial charge in [-0.05, 0) is 19.1 Å². The first-order valence-corrected chi connectivity index (χ1v) is 9.24. The predicted octanol–water partition coefficient (Wildman–Crippen LogP) is 1.46. The third-order valence-electron chi connectivity index (χ3n) is 5.30. The predicted molar refractivity (Wildman–Crippen MR) is 95.3 cm³/mol. The fourth-order valence-electron chi connectivity index (χ4n) is 4.02. The first kappa shape index (κ1) is 18.5. The maximum Gasteiger partial charge on any atom is 0.289 e. The van der Waals surface area contributed by atoms with Crippen LogP contribution in [0.1, 0.15) is 37.7 Å². The Morgan fingerprint density at radius 3 is 2.46 bits per heavy atom. The molecule has 0 saturated carbocycles. The van der Waals surface area contributed by atoms with Gasteiger partial charge in [-0.2, -0.15) is 0 Å². The molecule has 7 heteroatoms. The monoisotopic (exact) mass is 361 g/mol. The topological polar surface area (TPSA) is 74.1 Å². The van der Waals surface area contributed by atoms with E-state index in [0.29, 0.717) is 51.4 Å². The van der Waals surface area contributed by atoms with Crippen LogP contribution in [0.2, 0.25) is 0 Å². The molecule has 1 aromatic rings. The molecule has 1 aromatic heterocycles. The third-order valence-corrected chi connectivity index (χ3v) is 5.30. The molecular formula is C19H27N3O4. The van der Waals surface area contributed by atoms with E-state index in [1.54, 1.807) is 17.0 Å². The highest BCUT2D eigenvalue weighted by atomic mass is 16.3. The minimum atomic E-state index is -0.420. The lowest BCUT2D eigenvalue weighted by Gasteiger charge is -2.34. The molecule has 0 radical (unpaired) electrons. The van der Waals surface area contributed by atoms with Crippen LogP contribution in [0.25, 0.3) is 0 Å². The Morgan fingerprint density at radius 2 is 1.88 bits per heavy atom. The van der Waals surface area contributed by atoms with Crippen LogP contribution in [0.5, 0.6) is 0 Å². The van der Waals surface area contributed by atoms with Crippen molar-refractivity contribution >= 4 is 17.7 Å². The zero-order valence-corrected chi connectivity index (χ0v) is 15.7. The zero-order chi connectivity index (χ0) is 18.9. The highest BCUT2D eigenvalue weighted by molar-refractivity contribution is 5.91. The van der Waals surface area contributed by atoms with Crippen LogP contribution in [-0.2, 0) is 9.59 Å². The highest BCUT2D eigenvalue weighted by Crippen LogP contribution is 2.35. The smallest absolute Gasteiger partial charge is 0.289 e. The van der Waals surface area contributed by atoms with Gasteiger partial charge in [-0.25, -0.2) is 0 Å². The van der Waals surface area contributed by atoms with Gasteiger partial charge in [-0.15, -0.1) is 0 Å².